The van der Waals surface area contributed by atoms with E-state index in [4.69, 9.17) is 8.92 Å². The van der Waals surface area contributed by atoms with Crippen LogP contribution in [0.5, 0.6) is 5.75 Å². The van der Waals surface area contributed by atoms with Crippen molar-refractivity contribution >= 4 is 27.7 Å². The maximum atomic E-state index is 12.6. The number of esters is 1. The van der Waals surface area contributed by atoms with Crippen molar-refractivity contribution < 1.29 is 31.9 Å². The number of likely N-dealkylation sites (tertiary alicyclic amines) is 1. The summed E-state index contributed by atoms with van der Waals surface area (Å²) in [5.74, 6) is -1.07. The maximum absolute atomic E-state index is 12.6. The highest BCUT2D eigenvalue weighted by molar-refractivity contribution is 7.87. The van der Waals surface area contributed by atoms with Gasteiger partial charge in [-0.25, -0.2) is 4.79 Å². The first kappa shape index (κ1) is 23.2. The summed E-state index contributed by atoms with van der Waals surface area (Å²) < 4.78 is 35.4. The Morgan fingerprint density at radius 2 is 1.72 bits per heavy atom. The van der Waals surface area contributed by atoms with Crippen LogP contribution in [0.4, 0.5) is 5.69 Å². The van der Waals surface area contributed by atoms with Crippen LogP contribution in [0.25, 0.3) is 0 Å². The van der Waals surface area contributed by atoms with E-state index in [9.17, 15) is 28.1 Å². The lowest BCUT2D eigenvalue weighted by Gasteiger charge is -2.20. The molecule has 1 fully saturated rings. The predicted octanol–water partition coefficient (Wildman–Crippen LogP) is 2.84. The molecule has 0 aliphatic carbocycles. The van der Waals surface area contributed by atoms with Crippen LogP contribution in [0.1, 0.15) is 35.7 Å². The van der Waals surface area contributed by atoms with Gasteiger partial charge in [0.1, 0.15) is 10.6 Å². The molecule has 10 nitrogen and oxygen atoms in total. The Kier molecular flexibility index (Phi) is 6.78. The van der Waals surface area contributed by atoms with Gasteiger partial charge >= 0.3 is 16.1 Å². The number of aryl methyl sites for hydroxylation is 1. The van der Waals surface area contributed by atoms with Crippen LogP contribution in [0.15, 0.2) is 47.4 Å². The quantitative estimate of drug-likeness (QED) is 0.265. The summed E-state index contributed by atoms with van der Waals surface area (Å²) in [5.41, 5.74) is 0.0169. The van der Waals surface area contributed by atoms with Crippen LogP contribution in [0.3, 0.4) is 0 Å². The summed E-state index contributed by atoms with van der Waals surface area (Å²) in [7, 11) is -4.34. The molecule has 0 N–H and O–H groups in total. The van der Waals surface area contributed by atoms with Gasteiger partial charge in [-0.3, -0.25) is 14.9 Å². The van der Waals surface area contributed by atoms with Crippen molar-refractivity contribution in [3.8, 4) is 5.75 Å². The lowest BCUT2D eigenvalue weighted by Crippen LogP contribution is -2.38. The third-order valence-electron chi connectivity index (χ3n) is 5.00. The summed E-state index contributed by atoms with van der Waals surface area (Å²) in [5, 5.41) is 10.9. The summed E-state index contributed by atoms with van der Waals surface area (Å²) in [6.07, 6.45) is 0.910. The number of benzene rings is 2. The second-order valence-electron chi connectivity index (χ2n) is 7.35. The largest absolute Gasteiger partial charge is 0.449 e. The molecule has 32 heavy (non-hydrogen) atoms. The number of carbonyl (C=O) groups is 2. The van der Waals surface area contributed by atoms with Crippen molar-refractivity contribution in [1.29, 1.82) is 0 Å². The van der Waals surface area contributed by atoms with Gasteiger partial charge in [-0.15, -0.1) is 0 Å². The molecule has 1 unspecified atom stereocenters. The average Bonchev–Trinajstić information content (AvgIpc) is 3.28. The summed E-state index contributed by atoms with van der Waals surface area (Å²) >= 11 is 0. The Morgan fingerprint density at radius 3 is 2.31 bits per heavy atom. The predicted molar refractivity (Wildman–Crippen MR) is 113 cm³/mol. The Bertz CT molecular complexity index is 1140. The lowest BCUT2D eigenvalue weighted by atomic mass is 10.2. The minimum Gasteiger partial charge on any atom is -0.449 e. The molecule has 2 aromatic rings. The maximum Gasteiger partial charge on any atom is 0.339 e. The van der Waals surface area contributed by atoms with E-state index in [1.165, 1.54) is 50.2 Å². The third-order valence-corrected chi connectivity index (χ3v) is 6.39. The lowest BCUT2D eigenvalue weighted by molar-refractivity contribution is -0.385. The molecule has 1 amide bonds. The molecule has 1 aliphatic heterocycles. The fourth-order valence-electron chi connectivity index (χ4n) is 3.26. The SMILES string of the molecule is Cc1ccc([N+](=O)[O-])cc1S(=O)(=O)Oc1ccc(C(=O)OC(C)C(=O)N2CCCC2)cc1. The van der Waals surface area contributed by atoms with E-state index in [1.807, 2.05) is 0 Å². The van der Waals surface area contributed by atoms with Gasteiger partial charge in [0.2, 0.25) is 0 Å². The van der Waals surface area contributed by atoms with E-state index >= 15 is 0 Å². The molecule has 170 valence electrons. The van der Waals surface area contributed by atoms with Gasteiger partial charge < -0.3 is 13.8 Å². The molecular weight excluding hydrogens is 440 g/mol. The molecule has 3 rings (SSSR count). The van der Waals surface area contributed by atoms with Gasteiger partial charge in [-0.05, 0) is 56.5 Å². The van der Waals surface area contributed by atoms with Gasteiger partial charge in [0.25, 0.3) is 11.6 Å². The van der Waals surface area contributed by atoms with E-state index in [0.29, 0.717) is 13.1 Å². The van der Waals surface area contributed by atoms with Gasteiger partial charge in [-0.2, -0.15) is 8.42 Å². The fourth-order valence-corrected chi connectivity index (χ4v) is 4.45. The number of nitro groups is 1. The normalized spacial score (nSPS) is 14.6. The molecular formula is C21H22N2O8S. The van der Waals surface area contributed by atoms with Gasteiger partial charge in [0.15, 0.2) is 6.10 Å². The number of ether oxygens (including phenoxy) is 1. The molecule has 2 aromatic carbocycles. The minimum absolute atomic E-state index is 0.0892. The number of nitro benzene ring substituents is 1. The standard InChI is InChI=1S/C21H22N2O8S/c1-14-5-8-17(23(26)27)13-19(14)32(28,29)31-18-9-6-16(7-10-18)21(25)30-15(2)20(24)22-11-3-4-12-22/h5-10,13,15H,3-4,11-12H2,1-2H3. The molecule has 1 aliphatic rings. The van der Waals surface area contributed by atoms with Crippen molar-refractivity contribution in [2.24, 2.45) is 0 Å². The second-order valence-corrected chi connectivity index (χ2v) is 8.86. The Labute approximate surface area is 185 Å². The van der Waals surface area contributed by atoms with Crippen LogP contribution >= 0.6 is 0 Å². The molecule has 0 aromatic heterocycles. The first-order valence-corrected chi connectivity index (χ1v) is 11.3. The molecule has 0 bridgehead atoms. The highest BCUT2D eigenvalue weighted by atomic mass is 32.2. The van der Waals surface area contributed by atoms with Crippen molar-refractivity contribution in [2.75, 3.05) is 13.1 Å². The first-order chi connectivity index (χ1) is 15.1. The number of hydrogen-bond acceptors (Lipinski definition) is 8. The summed E-state index contributed by atoms with van der Waals surface area (Å²) in [6, 6.07) is 8.57. The van der Waals surface area contributed by atoms with Crippen molar-refractivity contribution in [2.45, 2.75) is 37.7 Å². The zero-order valence-corrected chi connectivity index (χ0v) is 18.3. The molecule has 1 atom stereocenters. The molecule has 11 heteroatoms. The van der Waals surface area contributed by atoms with Crippen LogP contribution in [-0.2, 0) is 19.6 Å². The van der Waals surface area contributed by atoms with Crippen LogP contribution < -0.4 is 4.18 Å². The topological polar surface area (TPSA) is 133 Å². The smallest absolute Gasteiger partial charge is 0.339 e. The van der Waals surface area contributed by atoms with E-state index in [2.05, 4.69) is 0 Å². The molecule has 0 radical (unpaired) electrons. The van der Waals surface area contributed by atoms with Crippen LogP contribution in [-0.4, -0.2) is 49.3 Å². The summed E-state index contributed by atoms with van der Waals surface area (Å²) in [4.78, 5) is 36.2. The van der Waals surface area contributed by atoms with Crippen molar-refractivity contribution in [3.05, 3.63) is 63.7 Å². The second kappa shape index (κ2) is 9.35. The van der Waals surface area contributed by atoms with Crippen LogP contribution in [0, 0.1) is 17.0 Å². The Balaban J connectivity index is 1.69. The van der Waals surface area contributed by atoms with E-state index in [1.54, 1.807) is 4.90 Å². The minimum atomic E-state index is -4.34. The number of carbonyl (C=O) groups excluding carboxylic acids is 2. The molecule has 0 spiro atoms. The Hall–Kier alpha value is -3.47. The van der Waals surface area contributed by atoms with Gasteiger partial charge in [0.05, 0.1) is 10.5 Å². The van der Waals surface area contributed by atoms with E-state index < -0.39 is 27.1 Å². The zero-order chi connectivity index (χ0) is 23.5. The monoisotopic (exact) mass is 462 g/mol. The van der Waals surface area contributed by atoms with Crippen molar-refractivity contribution in [1.82, 2.24) is 4.90 Å². The van der Waals surface area contributed by atoms with Gasteiger partial charge in [-0.1, -0.05) is 6.07 Å². The highest BCUT2D eigenvalue weighted by Crippen LogP contribution is 2.25. The number of nitrogens with zero attached hydrogens (tertiary/aromatic N) is 2. The number of non-ortho nitro benzene ring substituents is 1. The third kappa shape index (κ3) is 5.22. The van der Waals surface area contributed by atoms with E-state index in [0.717, 1.165) is 18.9 Å². The zero-order valence-electron chi connectivity index (χ0n) is 17.5. The first-order valence-electron chi connectivity index (χ1n) is 9.88. The molecule has 0 saturated carbocycles. The fraction of sp³-hybridized carbons (Fsp3) is 0.333. The summed E-state index contributed by atoms with van der Waals surface area (Å²) in [6.45, 7) is 4.28. The highest BCUT2D eigenvalue weighted by Gasteiger charge is 2.27. The molecule has 1 saturated heterocycles. The van der Waals surface area contributed by atoms with E-state index in [-0.39, 0.29) is 33.4 Å². The number of rotatable bonds is 7. The molecule has 1 heterocycles. The van der Waals surface area contributed by atoms with Gasteiger partial charge in [0, 0.05) is 25.2 Å². The Morgan fingerprint density at radius 1 is 1.09 bits per heavy atom. The number of hydrogen-bond donors (Lipinski definition) is 0. The van der Waals surface area contributed by atoms with Crippen LogP contribution in [0.2, 0.25) is 0 Å². The number of amides is 1. The average molecular weight is 462 g/mol. The van der Waals surface area contributed by atoms with Crippen molar-refractivity contribution in [3.63, 3.8) is 0 Å².